The Morgan fingerprint density at radius 3 is 2.75 bits per heavy atom. The van der Waals surface area contributed by atoms with Crippen molar-refractivity contribution in [2.45, 2.75) is 6.54 Å². The van der Waals surface area contributed by atoms with Gasteiger partial charge in [0.25, 0.3) is 0 Å². The second-order valence-corrected chi connectivity index (χ2v) is 4.19. The third-order valence-electron chi connectivity index (χ3n) is 2.74. The highest BCUT2D eigenvalue weighted by Gasteiger charge is 1.97. The lowest BCUT2D eigenvalue weighted by molar-refractivity contribution is -0.116. The Morgan fingerprint density at radius 1 is 1.30 bits per heavy atom. The summed E-state index contributed by atoms with van der Waals surface area (Å²) >= 11 is 0. The van der Waals surface area contributed by atoms with E-state index in [1.165, 1.54) is 6.08 Å². The molecule has 1 heterocycles. The van der Waals surface area contributed by atoms with Gasteiger partial charge in [-0.2, -0.15) is 0 Å². The first-order chi connectivity index (χ1) is 9.78. The highest BCUT2D eigenvalue weighted by Crippen LogP contribution is 2.10. The van der Waals surface area contributed by atoms with Crippen LogP contribution in [0.1, 0.15) is 11.1 Å². The minimum absolute atomic E-state index is 0.135. The van der Waals surface area contributed by atoms with Crippen molar-refractivity contribution in [2.24, 2.45) is 0 Å². The highest BCUT2D eigenvalue weighted by molar-refractivity contribution is 5.91. The summed E-state index contributed by atoms with van der Waals surface area (Å²) in [6.07, 6.45) is 6.63. The minimum Gasteiger partial charge on any atom is -0.497 e. The number of carbonyl (C=O) groups excluding carboxylic acids is 1. The summed E-state index contributed by atoms with van der Waals surface area (Å²) in [4.78, 5) is 15.6. The summed E-state index contributed by atoms with van der Waals surface area (Å²) in [5.41, 5.74) is 1.92. The Morgan fingerprint density at radius 2 is 2.10 bits per heavy atom. The summed E-state index contributed by atoms with van der Waals surface area (Å²) in [6.45, 7) is 0.486. The van der Waals surface area contributed by atoms with Crippen LogP contribution in [0.25, 0.3) is 6.08 Å². The Kier molecular flexibility index (Phi) is 4.89. The smallest absolute Gasteiger partial charge is 0.244 e. The third kappa shape index (κ3) is 4.24. The van der Waals surface area contributed by atoms with Crippen LogP contribution in [0.15, 0.2) is 54.9 Å². The molecule has 1 aromatic carbocycles. The van der Waals surface area contributed by atoms with E-state index in [0.29, 0.717) is 6.54 Å². The van der Waals surface area contributed by atoms with E-state index in [0.717, 1.165) is 16.9 Å². The van der Waals surface area contributed by atoms with Crippen molar-refractivity contribution in [2.75, 3.05) is 7.11 Å². The lowest BCUT2D eigenvalue weighted by atomic mass is 10.2. The standard InChI is InChI=1S/C16H16N2O2/c1-20-15-7-4-14(5-8-15)12-18-16(19)9-6-13-3-2-10-17-11-13/h2-11H,12H2,1H3,(H,18,19)/b9-6+. The van der Waals surface area contributed by atoms with Crippen LogP contribution in [0.2, 0.25) is 0 Å². The van der Waals surface area contributed by atoms with Gasteiger partial charge in [-0.05, 0) is 35.4 Å². The van der Waals surface area contributed by atoms with Crippen molar-refractivity contribution in [3.8, 4) is 5.75 Å². The van der Waals surface area contributed by atoms with Crippen LogP contribution in [0, 0.1) is 0 Å². The van der Waals surface area contributed by atoms with E-state index in [1.807, 2.05) is 36.4 Å². The van der Waals surface area contributed by atoms with E-state index >= 15 is 0 Å². The fourth-order valence-electron chi connectivity index (χ4n) is 1.64. The number of rotatable bonds is 5. The van der Waals surface area contributed by atoms with E-state index in [9.17, 15) is 4.79 Å². The zero-order chi connectivity index (χ0) is 14.2. The number of pyridine rings is 1. The topological polar surface area (TPSA) is 51.2 Å². The lowest BCUT2D eigenvalue weighted by Crippen LogP contribution is -2.20. The van der Waals surface area contributed by atoms with Crippen LogP contribution < -0.4 is 10.1 Å². The van der Waals surface area contributed by atoms with Crippen LogP contribution in [0.3, 0.4) is 0 Å². The molecule has 0 atom stereocenters. The molecule has 0 aliphatic rings. The van der Waals surface area contributed by atoms with Crippen LogP contribution in [-0.2, 0) is 11.3 Å². The zero-order valence-corrected chi connectivity index (χ0v) is 11.2. The summed E-state index contributed by atoms with van der Waals surface area (Å²) in [7, 11) is 1.63. The average molecular weight is 268 g/mol. The van der Waals surface area contributed by atoms with Crippen LogP contribution in [0.5, 0.6) is 5.75 Å². The summed E-state index contributed by atoms with van der Waals surface area (Å²) in [5.74, 6) is 0.668. The molecule has 0 radical (unpaired) electrons. The van der Waals surface area contributed by atoms with Crippen molar-refractivity contribution in [3.05, 3.63) is 66.0 Å². The van der Waals surface area contributed by atoms with Gasteiger partial charge in [-0.1, -0.05) is 18.2 Å². The number of nitrogens with zero attached hydrogens (tertiary/aromatic N) is 1. The number of benzene rings is 1. The molecule has 0 bridgehead atoms. The van der Waals surface area contributed by atoms with Crippen LogP contribution in [-0.4, -0.2) is 18.0 Å². The fourth-order valence-corrected chi connectivity index (χ4v) is 1.64. The summed E-state index contributed by atoms with van der Waals surface area (Å²) in [5, 5.41) is 2.82. The average Bonchev–Trinajstić information content (AvgIpc) is 2.52. The van der Waals surface area contributed by atoms with E-state index < -0.39 is 0 Å². The fraction of sp³-hybridized carbons (Fsp3) is 0.125. The van der Waals surface area contributed by atoms with Gasteiger partial charge in [-0.15, -0.1) is 0 Å². The lowest BCUT2D eigenvalue weighted by Gasteiger charge is -2.04. The molecular formula is C16H16N2O2. The number of ether oxygens (including phenoxy) is 1. The van der Waals surface area contributed by atoms with Crippen molar-refractivity contribution >= 4 is 12.0 Å². The van der Waals surface area contributed by atoms with E-state index in [-0.39, 0.29) is 5.91 Å². The predicted molar refractivity (Wildman–Crippen MR) is 78.1 cm³/mol. The Balaban J connectivity index is 1.84. The maximum Gasteiger partial charge on any atom is 0.244 e. The highest BCUT2D eigenvalue weighted by atomic mass is 16.5. The van der Waals surface area contributed by atoms with Crippen LogP contribution >= 0.6 is 0 Å². The van der Waals surface area contributed by atoms with E-state index in [1.54, 1.807) is 25.6 Å². The molecule has 0 aliphatic heterocycles. The van der Waals surface area contributed by atoms with Gasteiger partial charge >= 0.3 is 0 Å². The first-order valence-corrected chi connectivity index (χ1v) is 6.27. The van der Waals surface area contributed by atoms with Gasteiger partial charge < -0.3 is 10.1 Å². The third-order valence-corrected chi connectivity index (χ3v) is 2.74. The Hall–Kier alpha value is -2.62. The van der Waals surface area contributed by atoms with Gasteiger partial charge in [0.05, 0.1) is 7.11 Å². The Bertz CT molecular complexity index is 577. The van der Waals surface area contributed by atoms with Gasteiger partial charge in [0.2, 0.25) is 5.91 Å². The summed E-state index contributed by atoms with van der Waals surface area (Å²) in [6, 6.07) is 11.3. The van der Waals surface area contributed by atoms with Gasteiger partial charge in [0.15, 0.2) is 0 Å². The van der Waals surface area contributed by atoms with Crippen molar-refractivity contribution in [3.63, 3.8) is 0 Å². The van der Waals surface area contributed by atoms with E-state index in [4.69, 9.17) is 4.74 Å². The molecule has 102 valence electrons. The van der Waals surface area contributed by atoms with Crippen molar-refractivity contribution < 1.29 is 9.53 Å². The maximum absolute atomic E-state index is 11.7. The van der Waals surface area contributed by atoms with Crippen LogP contribution in [0.4, 0.5) is 0 Å². The number of carbonyl (C=O) groups is 1. The molecule has 0 fully saturated rings. The molecule has 0 saturated heterocycles. The van der Waals surface area contributed by atoms with Gasteiger partial charge in [-0.3, -0.25) is 9.78 Å². The molecule has 4 nitrogen and oxygen atoms in total. The molecule has 0 spiro atoms. The maximum atomic E-state index is 11.7. The minimum atomic E-state index is -0.135. The van der Waals surface area contributed by atoms with Gasteiger partial charge in [-0.25, -0.2) is 0 Å². The van der Waals surface area contributed by atoms with E-state index in [2.05, 4.69) is 10.3 Å². The molecule has 1 aromatic heterocycles. The van der Waals surface area contributed by atoms with Crippen molar-refractivity contribution in [1.29, 1.82) is 0 Å². The number of amides is 1. The number of hydrogen-bond donors (Lipinski definition) is 1. The molecule has 4 heteroatoms. The SMILES string of the molecule is COc1ccc(CNC(=O)/C=C/c2cccnc2)cc1. The number of hydrogen-bond acceptors (Lipinski definition) is 3. The number of aromatic nitrogens is 1. The van der Waals surface area contributed by atoms with Crippen molar-refractivity contribution in [1.82, 2.24) is 10.3 Å². The molecule has 2 rings (SSSR count). The first kappa shape index (κ1) is 13.8. The molecule has 1 amide bonds. The molecule has 0 aliphatic carbocycles. The monoisotopic (exact) mass is 268 g/mol. The number of nitrogens with one attached hydrogen (secondary N) is 1. The molecule has 0 saturated carbocycles. The molecule has 20 heavy (non-hydrogen) atoms. The quantitative estimate of drug-likeness (QED) is 0.847. The zero-order valence-electron chi connectivity index (χ0n) is 11.2. The largest absolute Gasteiger partial charge is 0.497 e. The van der Waals surface area contributed by atoms with Gasteiger partial charge in [0.1, 0.15) is 5.75 Å². The summed E-state index contributed by atoms with van der Waals surface area (Å²) < 4.78 is 5.08. The second kappa shape index (κ2) is 7.09. The molecular weight excluding hydrogens is 252 g/mol. The number of methoxy groups -OCH3 is 1. The van der Waals surface area contributed by atoms with Gasteiger partial charge in [0, 0.05) is 25.0 Å². The predicted octanol–water partition coefficient (Wildman–Crippen LogP) is 2.42. The molecule has 1 N–H and O–H groups in total. The molecule has 2 aromatic rings. The Labute approximate surface area is 118 Å². The normalized spacial score (nSPS) is 10.4. The molecule has 0 unspecified atom stereocenters. The second-order valence-electron chi connectivity index (χ2n) is 4.19. The first-order valence-electron chi connectivity index (χ1n) is 6.27.